The van der Waals surface area contributed by atoms with Crippen molar-refractivity contribution in [1.29, 1.82) is 0 Å². The molecule has 1 saturated heterocycles. The molecule has 1 heterocycles. The van der Waals surface area contributed by atoms with Crippen LogP contribution in [0.1, 0.15) is 19.8 Å². The minimum atomic E-state index is -3.13. The van der Waals surface area contributed by atoms with Gasteiger partial charge < -0.3 is 25.4 Å². The molecule has 1 aromatic rings. The molecule has 3 amide bonds. The maximum Gasteiger partial charge on any atom is 0.387 e. The van der Waals surface area contributed by atoms with E-state index in [1.165, 1.54) is 23.1 Å². The third-order valence-corrected chi connectivity index (χ3v) is 5.20. The Bertz CT molecular complexity index is 834. The van der Waals surface area contributed by atoms with Crippen LogP contribution in [0.15, 0.2) is 18.2 Å². The Kier molecular flexibility index (Phi) is 7.39. The number of nitrogens with one attached hydrogen (secondary N) is 1. The highest BCUT2D eigenvalue weighted by molar-refractivity contribution is 6.09. The van der Waals surface area contributed by atoms with Gasteiger partial charge in [-0.3, -0.25) is 19.3 Å². The van der Waals surface area contributed by atoms with E-state index in [2.05, 4.69) is 10.1 Å². The molecule has 2 fully saturated rings. The molecule has 1 aliphatic heterocycles. The van der Waals surface area contributed by atoms with Crippen molar-refractivity contribution in [3.63, 3.8) is 0 Å². The number of hydrogen-bond acceptors (Lipinski definition) is 6. The van der Waals surface area contributed by atoms with Crippen LogP contribution in [0.2, 0.25) is 0 Å². The summed E-state index contributed by atoms with van der Waals surface area (Å²) in [4.78, 5) is 39.9. The van der Waals surface area contributed by atoms with Crippen LogP contribution < -0.4 is 20.7 Å². The fourth-order valence-corrected chi connectivity index (χ4v) is 3.51. The number of carbonyl (C=O) groups is 3. The standard InChI is InChI=1S/C20H26F2N4O5/c1-2-25(10-12-3-4-12)17(18(23)28)19(29)24-13-5-6-14(15(9-13)31-20(21)22)26-7-8-30-11-16(26)27/h5-6,9,12,17,20H,2-4,7-8,10-11H2,1H3,(H2,23,28)(H,24,29)/t17-/m0/s1. The molecule has 170 valence electrons. The van der Waals surface area contributed by atoms with Gasteiger partial charge in [-0.25, -0.2) is 0 Å². The number of halogens is 2. The molecule has 0 spiro atoms. The Labute approximate surface area is 178 Å². The second-order valence-electron chi connectivity index (χ2n) is 7.48. The number of nitrogens with zero attached hydrogens (tertiary/aromatic N) is 2. The topological polar surface area (TPSA) is 114 Å². The minimum Gasteiger partial charge on any atom is -0.433 e. The third-order valence-electron chi connectivity index (χ3n) is 5.20. The number of nitrogens with two attached hydrogens (primary N) is 1. The maximum atomic E-state index is 13.0. The van der Waals surface area contributed by atoms with Crippen molar-refractivity contribution in [2.45, 2.75) is 32.4 Å². The fraction of sp³-hybridized carbons (Fsp3) is 0.550. The lowest BCUT2D eigenvalue weighted by molar-refractivity contribution is -0.132. The predicted octanol–water partition coefficient (Wildman–Crippen LogP) is 1.18. The third kappa shape index (κ3) is 5.88. The van der Waals surface area contributed by atoms with Gasteiger partial charge in [-0.1, -0.05) is 6.92 Å². The lowest BCUT2D eigenvalue weighted by Crippen LogP contribution is -2.52. The van der Waals surface area contributed by atoms with Crippen molar-refractivity contribution >= 4 is 29.1 Å². The van der Waals surface area contributed by atoms with Crippen LogP contribution in [0.25, 0.3) is 0 Å². The number of ether oxygens (including phenoxy) is 2. The van der Waals surface area contributed by atoms with Crippen LogP contribution >= 0.6 is 0 Å². The summed E-state index contributed by atoms with van der Waals surface area (Å²) in [5, 5.41) is 2.55. The van der Waals surface area contributed by atoms with Gasteiger partial charge in [0.15, 0.2) is 11.8 Å². The lowest BCUT2D eigenvalue weighted by Gasteiger charge is -2.29. The summed E-state index contributed by atoms with van der Waals surface area (Å²) in [5.74, 6) is -1.68. The Morgan fingerprint density at radius 1 is 1.39 bits per heavy atom. The molecule has 0 radical (unpaired) electrons. The number of anilines is 2. The lowest BCUT2D eigenvalue weighted by atomic mass is 10.1. The second-order valence-corrected chi connectivity index (χ2v) is 7.48. The molecule has 1 aliphatic carbocycles. The zero-order valence-corrected chi connectivity index (χ0v) is 17.2. The molecule has 11 heteroatoms. The van der Waals surface area contributed by atoms with Gasteiger partial charge in [-0.15, -0.1) is 0 Å². The molecule has 9 nitrogen and oxygen atoms in total. The van der Waals surface area contributed by atoms with Gasteiger partial charge in [-0.2, -0.15) is 8.78 Å². The smallest absolute Gasteiger partial charge is 0.387 e. The summed E-state index contributed by atoms with van der Waals surface area (Å²) in [5.41, 5.74) is 5.75. The van der Waals surface area contributed by atoms with E-state index in [4.69, 9.17) is 10.5 Å². The number of alkyl halides is 2. The number of hydrogen-bond donors (Lipinski definition) is 2. The number of carbonyl (C=O) groups excluding carboxylic acids is 3. The molecule has 0 unspecified atom stereocenters. The first kappa shape index (κ1) is 22.9. The average Bonchev–Trinajstić information content (AvgIpc) is 3.52. The van der Waals surface area contributed by atoms with Gasteiger partial charge in [0.2, 0.25) is 5.91 Å². The molecule has 1 aromatic carbocycles. The zero-order valence-electron chi connectivity index (χ0n) is 17.2. The zero-order chi connectivity index (χ0) is 22.5. The predicted molar refractivity (Wildman–Crippen MR) is 108 cm³/mol. The highest BCUT2D eigenvalue weighted by atomic mass is 19.3. The summed E-state index contributed by atoms with van der Waals surface area (Å²) in [6.07, 6.45) is 2.08. The number of primary amides is 1. The largest absolute Gasteiger partial charge is 0.433 e. The molecule has 3 N–H and O–H groups in total. The monoisotopic (exact) mass is 440 g/mol. The quantitative estimate of drug-likeness (QED) is 0.528. The Balaban J connectivity index is 1.81. The molecule has 1 saturated carbocycles. The Hall–Kier alpha value is -2.79. The summed E-state index contributed by atoms with van der Waals surface area (Å²) in [7, 11) is 0. The van der Waals surface area contributed by atoms with E-state index in [9.17, 15) is 23.2 Å². The summed E-state index contributed by atoms with van der Waals surface area (Å²) < 4.78 is 35.6. The van der Waals surface area contributed by atoms with Gasteiger partial charge in [0.05, 0.1) is 12.3 Å². The van der Waals surface area contributed by atoms with Gasteiger partial charge in [0.1, 0.15) is 6.61 Å². The van der Waals surface area contributed by atoms with E-state index in [0.717, 1.165) is 12.8 Å². The van der Waals surface area contributed by atoms with E-state index in [0.29, 0.717) is 19.0 Å². The number of likely N-dealkylation sites (N-methyl/N-ethyl adjacent to an activating group) is 1. The van der Waals surface area contributed by atoms with Crippen LogP contribution in [-0.2, 0) is 19.1 Å². The Morgan fingerprint density at radius 2 is 2.13 bits per heavy atom. The molecular weight excluding hydrogens is 414 g/mol. The van der Waals surface area contributed by atoms with E-state index in [1.54, 1.807) is 4.90 Å². The van der Waals surface area contributed by atoms with E-state index < -0.39 is 30.4 Å². The molecule has 2 aliphatic rings. The number of rotatable bonds is 10. The van der Waals surface area contributed by atoms with Gasteiger partial charge in [-0.05, 0) is 37.4 Å². The SMILES string of the molecule is CCN(CC1CC1)[C@@H](C(N)=O)C(=O)Nc1ccc(N2CCOCC2=O)c(OC(F)F)c1. The maximum absolute atomic E-state index is 13.0. The van der Waals surface area contributed by atoms with Crippen molar-refractivity contribution in [3.8, 4) is 5.75 Å². The summed E-state index contributed by atoms with van der Waals surface area (Å²) in [6, 6.07) is 2.85. The minimum absolute atomic E-state index is 0.138. The van der Waals surface area contributed by atoms with Crippen molar-refractivity contribution in [1.82, 2.24) is 4.90 Å². The van der Waals surface area contributed by atoms with E-state index in [1.807, 2.05) is 6.92 Å². The van der Waals surface area contributed by atoms with E-state index >= 15 is 0 Å². The number of benzene rings is 1. The first-order chi connectivity index (χ1) is 14.8. The normalized spacial score (nSPS) is 17.7. The number of morpholine rings is 1. The van der Waals surface area contributed by atoms with Crippen molar-refractivity contribution in [2.75, 3.05) is 43.1 Å². The first-order valence-corrected chi connectivity index (χ1v) is 10.1. The average molecular weight is 440 g/mol. The molecular formula is C20H26F2N4O5. The van der Waals surface area contributed by atoms with Crippen molar-refractivity contribution < 1.29 is 32.6 Å². The highest BCUT2D eigenvalue weighted by Gasteiger charge is 2.34. The number of amides is 3. The summed E-state index contributed by atoms with van der Waals surface area (Å²) >= 11 is 0. The first-order valence-electron chi connectivity index (χ1n) is 10.1. The summed E-state index contributed by atoms with van der Waals surface area (Å²) in [6.45, 7) is 0.000540. The van der Waals surface area contributed by atoms with Crippen LogP contribution in [0.4, 0.5) is 20.2 Å². The molecule has 1 atom stereocenters. The van der Waals surface area contributed by atoms with Crippen molar-refractivity contribution in [2.24, 2.45) is 11.7 Å². The van der Waals surface area contributed by atoms with Crippen LogP contribution in [0.5, 0.6) is 5.75 Å². The molecule has 0 aromatic heterocycles. The molecule has 31 heavy (non-hydrogen) atoms. The van der Waals surface area contributed by atoms with Crippen LogP contribution in [-0.4, -0.2) is 68.1 Å². The van der Waals surface area contributed by atoms with Crippen LogP contribution in [0, 0.1) is 5.92 Å². The highest BCUT2D eigenvalue weighted by Crippen LogP contribution is 2.34. The van der Waals surface area contributed by atoms with Gasteiger partial charge in [0.25, 0.3) is 11.8 Å². The molecule has 0 bridgehead atoms. The van der Waals surface area contributed by atoms with Gasteiger partial charge >= 0.3 is 6.61 Å². The molecule has 3 rings (SSSR count). The Morgan fingerprint density at radius 3 is 2.71 bits per heavy atom. The van der Waals surface area contributed by atoms with E-state index in [-0.39, 0.29) is 36.9 Å². The van der Waals surface area contributed by atoms with Crippen LogP contribution in [0.3, 0.4) is 0 Å². The fourth-order valence-electron chi connectivity index (χ4n) is 3.51. The van der Waals surface area contributed by atoms with Gasteiger partial charge in [0, 0.05) is 24.8 Å². The van der Waals surface area contributed by atoms with Crippen molar-refractivity contribution in [3.05, 3.63) is 18.2 Å². The second kappa shape index (κ2) is 10.0.